The normalized spacial score (nSPS) is 11.9. The van der Waals surface area contributed by atoms with Gasteiger partial charge in [0.2, 0.25) is 0 Å². The molecule has 2 rings (SSSR count). The minimum atomic E-state index is -0.436. The van der Waals surface area contributed by atoms with Crippen LogP contribution in [0.2, 0.25) is 0 Å². The van der Waals surface area contributed by atoms with Crippen molar-refractivity contribution in [1.29, 1.82) is 0 Å². The molecule has 0 saturated carbocycles. The van der Waals surface area contributed by atoms with E-state index >= 15 is 0 Å². The van der Waals surface area contributed by atoms with Crippen LogP contribution in [0.15, 0.2) is 23.8 Å². The number of nitrogens with one attached hydrogen (secondary N) is 1. The van der Waals surface area contributed by atoms with Crippen LogP contribution in [-0.2, 0) is 4.74 Å². The monoisotopic (exact) mass is 306 g/mol. The Bertz CT molecular complexity index is 601. The van der Waals surface area contributed by atoms with Crippen molar-refractivity contribution in [2.24, 2.45) is 0 Å². The van der Waals surface area contributed by atoms with Gasteiger partial charge in [0.05, 0.1) is 24.5 Å². The topological polar surface area (TPSA) is 90.1 Å². The van der Waals surface area contributed by atoms with E-state index in [1.165, 1.54) is 6.20 Å². The second-order valence-corrected chi connectivity index (χ2v) is 5.29. The lowest BCUT2D eigenvalue weighted by molar-refractivity contribution is 0.0527. The van der Waals surface area contributed by atoms with Crippen LogP contribution in [0, 0.1) is 0 Å². The van der Waals surface area contributed by atoms with E-state index in [1.807, 2.05) is 12.3 Å². The number of carbonyl (C=O) groups excluding carboxylic acids is 1. The van der Waals surface area contributed by atoms with Crippen LogP contribution in [0.25, 0.3) is 0 Å². The maximum atomic E-state index is 12.0. The summed E-state index contributed by atoms with van der Waals surface area (Å²) in [6, 6.07) is 1.57. The molecule has 0 saturated heterocycles. The van der Waals surface area contributed by atoms with Gasteiger partial charge in [0, 0.05) is 11.6 Å². The van der Waals surface area contributed by atoms with Crippen molar-refractivity contribution in [3.63, 3.8) is 0 Å². The van der Waals surface area contributed by atoms with Crippen molar-refractivity contribution in [3.8, 4) is 0 Å². The van der Waals surface area contributed by atoms with Gasteiger partial charge in [-0.25, -0.2) is 14.8 Å². The second kappa shape index (κ2) is 7.03. The third kappa shape index (κ3) is 3.69. The van der Waals surface area contributed by atoms with Gasteiger partial charge in [0.25, 0.3) is 0 Å². The number of pyridine rings is 1. The average Bonchev–Trinajstić information content (AvgIpc) is 3.00. The number of carbonyl (C=O) groups is 1. The molecule has 0 fully saturated rings. The minimum absolute atomic E-state index is 0.00528. The predicted molar refractivity (Wildman–Crippen MR) is 83.4 cm³/mol. The van der Waals surface area contributed by atoms with Gasteiger partial charge in [0.1, 0.15) is 16.4 Å². The summed E-state index contributed by atoms with van der Waals surface area (Å²) < 4.78 is 5.04. The number of thiazole rings is 1. The Labute approximate surface area is 127 Å². The molecule has 1 unspecified atom stereocenters. The number of ether oxygens (including phenoxy) is 1. The molecule has 1 atom stereocenters. The van der Waals surface area contributed by atoms with Crippen molar-refractivity contribution in [2.75, 3.05) is 17.7 Å². The number of nitrogens with zero attached hydrogens (tertiary/aromatic N) is 2. The van der Waals surface area contributed by atoms with Crippen LogP contribution in [-0.4, -0.2) is 22.5 Å². The maximum Gasteiger partial charge on any atom is 0.341 e. The molecule has 0 aromatic carbocycles. The zero-order chi connectivity index (χ0) is 15.2. The highest BCUT2D eigenvalue weighted by atomic mass is 32.1. The smallest absolute Gasteiger partial charge is 0.341 e. The molecule has 112 valence electrons. The summed E-state index contributed by atoms with van der Waals surface area (Å²) in [6.45, 7) is 4.10. The van der Waals surface area contributed by atoms with E-state index in [0.29, 0.717) is 23.7 Å². The Balaban J connectivity index is 2.28. The number of esters is 1. The first-order valence-electron chi connectivity index (χ1n) is 6.74. The van der Waals surface area contributed by atoms with E-state index < -0.39 is 5.97 Å². The number of hydrogen-bond acceptors (Lipinski definition) is 7. The fourth-order valence-electron chi connectivity index (χ4n) is 1.87. The summed E-state index contributed by atoms with van der Waals surface area (Å²) in [6.07, 6.45) is 4.09. The van der Waals surface area contributed by atoms with Crippen LogP contribution >= 0.6 is 11.3 Å². The Morgan fingerprint density at radius 2 is 2.29 bits per heavy atom. The summed E-state index contributed by atoms with van der Waals surface area (Å²) in [5.74, 6) is 0.0264. The summed E-state index contributed by atoms with van der Waals surface area (Å²) in [7, 11) is 0. The first-order chi connectivity index (χ1) is 10.2. The van der Waals surface area contributed by atoms with E-state index in [0.717, 1.165) is 11.4 Å². The van der Waals surface area contributed by atoms with Crippen molar-refractivity contribution in [2.45, 2.75) is 26.3 Å². The quantitative estimate of drug-likeness (QED) is 0.798. The Kier molecular flexibility index (Phi) is 5.10. The molecule has 21 heavy (non-hydrogen) atoms. The summed E-state index contributed by atoms with van der Waals surface area (Å²) in [5.41, 5.74) is 6.47. The molecule has 0 radical (unpaired) electrons. The predicted octanol–water partition coefficient (Wildman–Crippen LogP) is 2.86. The second-order valence-electron chi connectivity index (χ2n) is 4.36. The van der Waals surface area contributed by atoms with E-state index in [9.17, 15) is 4.79 Å². The lowest BCUT2D eigenvalue weighted by Gasteiger charge is -2.17. The molecule has 0 aliphatic rings. The molecule has 2 aromatic rings. The SMILES string of the molecule is CCOC(=O)c1cc(N)cnc1NC(CC)c1nccs1. The zero-order valence-corrected chi connectivity index (χ0v) is 12.8. The van der Waals surface area contributed by atoms with E-state index in [-0.39, 0.29) is 6.04 Å². The third-order valence-electron chi connectivity index (χ3n) is 2.87. The molecule has 0 bridgehead atoms. The van der Waals surface area contributed by atoms with Gasteiger partial charge in [-0.15, -0.1) is 11.3 Å². The number of nitrogens with two attached hydrogens (primary N) is 1. The number of nitrogen functional groups attached to an aromatic ring is 1. The Hall–Kier alpha value is -2.15. The maximum absolute atomic E-state index is 12.0. The van der Waals surface area contributed by atoms with Crippen LogP contribution in [0.5, 0.6) is 0 Å². The van der Waals surface area contributed by atoms with Gasteiger partial charge in [-0.1, -0.05) is 6.92 Å². The molecule has 2 heterocycles. The van der Waals surface area contributed by atoms with Crippen LogP contribution < -0.4 is 11.1 Å². The molecule has 0 amide bonds. The van der Waals surface area contributed by atoms with Gasteiger partial charge in [-0.2, -0.15) is 0 Å². The van der Waals surface area contributed by atoms with Gasteiger partial charge in [-0.05, 0) is 19.4 Å². The Morgan fingerprint density at radius 3 is 2.90 bits per heavy atom. The largest absolute Gasteiger partial charge is 0.462 e. The van der Waals surface area contributed by atoms with E-state index in [2.05, 4.69) is 15.3 Å². The minimum Gasteiger partial charge on any atom is -0.462 e. The molecular formula is C14H18N4O2S. The van der Waals surface area contributed by atoms with E-state index in [4.69, 9.17) is 10.5 Å². The lowest BCUT2D eigenvalue weighted by atomic mass is 10.2. The van der Waals surface area contributed by atoms with Gasteiger partial charge >= 0.3 is 5.97 Å². The summed E-state index contributed by atoms with van der Waals surface area (Å²) >= 11 is 1.56. The molecule has 0 aliphatic heterocycles. The first-order valence-corrected chi connectivity index (χ1v) is 7.62. The highest BCUT2D eigenvalue weighted by molar-refractivity contribution is 7.09. The van der Waals surface area contributed by atoms with Crippen LogP contribution in [0.3, 0.4) is 0 Å². The van der Waals surface area contributed by atoms with Crippen LogP contribution in [0.4, 0.5) is 11.5 Å². The first kappa shape index (κ1) is 15.2. The van der Waals surface area contributed by atoms with Crippen LogP contribution in [0.1, 0.15) is 41.7 Å². The third-order valence-corrected chi connectivity index (χ3v) is 3.76. The number of aromatic nitrogens is 2. The average molecular weight is 306 g/mol. The molecule has 2 aromatic heterocycles. The molecular weight excluding hydrogens is 288 g/mol. The van der Waals surface area contributed by atoms with Crippen molar-refractivity contribution in [3.05, 3.63) is 34.4 Å². The fourth-order valence-corrected chi connectivity index (χ4v) is 2.64. The molecule has 3 N–H and O–H groups in total. The lowest BCUT2D eigenvalue weighted by Crippen LogP contribution is -2.16. The fraction of sp³-hybridized carbons (Fsp3) is 0.357. The molecule has 6 nitrogen and oxygen atoms in total. The highest BCUT2D eigenvalue weighted by Gasteiger charge is 2.19. The van der Waals surface area contributed by atoms with Gasteiger partial charge < -0.3 is 15.8 Å². The molecule has 7 heteroatoms. The van der Waals surface area contributed by atoms with Crippen molar-refractivity contribution < 1.29 is 9.53 Å². The zero-order valence-electron chi connectivity index (χ0n) is 12.0. The van der Waals surface area contributed by atoms with Crippen molar-refractivity contribution >= 4 is 28.8 Å². The van der Waals surface area contributed by atoms with Gasteiger partial charge in [-0.3, -0.25) is 0 Å². The Morgan fingerprint density at radius 1 is 1.48 bits per heavy atom. The standard InChI is InChI=1S/C14H18N4O2S/c1-3-11(13-16-5-6-21-13)18-12-10(14(19)20-4-2)7-9(15)8-17-12/h5-8,11H,3-4,15H2,1-2H3,(H,17,18). The van der Waals surface area contributed by atoms with Crippen molar-refractivity contribution in [1.82, 2.24) is 9.97 Å². The highest BCUT2D eigenvalue weighted by Crippen LogP contribution is 2.26. The van der Waals surface area contributed by atoms with E-state index in [1.54, 1.807) is 30.5 Å². The van der Waals surface area contributed by atoms with Gasteiger partial charge in [0.15, 0.2) is 0 Å². The number of rotatable bonds is 6. The number of hydrogen-bond donors (Lipinski definition) is 2. The summed E-state index contributed by atoms with van der Waals surface area (Å²) in [5, 5.41) is 6.12. The summed E-state index contributed by atoms with van der Waals surface area (Å²) in [4.78, 5) is 20.5. The molecule has 0 spiro atoms. The molecule has 0 aliphatic carbocycles. The number of anilines is 2.